The van der Waals surface area contributed by atoms with Gasteiger partial charge in [0.2, 0.25) is 0 Å². The van der Waals surface area contributed by atoms with Crippen LogP contribution in [0.4, 0.5) is 0 Å². The van der Waals surface area contributed by atoms with Gasteiger partial charge in [-0.15, -0.1) is 10.2 Å². The third-order valence-corrected chi connectivity index (χ3v) is 6.00. The molecule has 0 fully saturated rings. The number of fused-ring (bicyclic) bond motifs is 1. The minimum Gasteiger partial charge on any atom is -0.370 e. The standard InChI is InChI=1S/C21H22N4OS/c1-12(2)26-19-9-6-13(10-14(19)11-22)20-24-25-21(27-20)17-5-3-4-16-15(17)7-8-18(16)23/h3-6,10,12,18-19H,7-9,23H2,1-2H3/t18-,19?/m0/s1. The fourth-order valence-corrected chi connectivity index (χ4v) is 4.63. The van der Waals surface area contributed by atoms with Crippen LogP contribution in [0.1, 0.15) is 48.9 Å². The Balaban J connectivity index is 1.62. The Morgan fingerprint density at radius 3 is 2.89 bits per heavy atom. The number of aromatic nitrogens is 2. The summed E-state index contributed by atoms with van der Waals surface area (Å²) in [7, 11) is 0. The zero-order chi connectivity index (χ0) is 19.0. The lowest BCUT2D eigenvalue weighted by Gasteiger charge is -2.21. The van der Waals surface area contributed by atoms with E-state index in [1.54, 1.807) is 11.3 Å². The molecule has 6 heteroatoms. The maximum Gasteiger partial charge on any atom is 0.148 e. The normalized spacial score (nSPS) is 21.6. The first-order chi connectivity index (χ1) is 13.1. The summed E-state index contributed by atoms with van der Waals surface area (Å²) in [5, 5.41) is 20.0. The summed E-state index contributed by atoms with van der Waals surface area (Å²) in [5.41, 5.74) is 11.4. The van der Waals surface area contributed by atoms with Gasteiger partial charge in [0.1, 0.15) is 10.0 Å². The molecule has 1 aromatic carbocycles. The van der Waals surface area contributed by atoms with Crippen molar-refractivity contribution in [1.29, 1.82) is 5.26 Å². The van der Waals surface area contributed by atoms with E-state index >= 15 is 0 Å². The van der Waals surface area contributed by atoms with Gasteiger partial charge in [0, 0.05) is 17.2 Å². The highest BCUT2D eigenvalue weighted by Crippen LogP contribution is 2.39. The molecule has 1 heterocycles. The van der Waals surface area contributed by atoms with Gasteiger partial charge in [-0.1, -0.05) is 35.6 Å². The molecule has 0 saturated heterocycles. The van der Waals surface area contributed by atoms with E-state index in [-0.39, 0.29) is 18.2 Å². The molecular formula is C21H22N4OS. The van der Waals surface area contributed by atoms with Gasteiger partial charge in [-0.2, -0.15) is 5.26 Å². The molecule has 0 amide bonds. The SMILES string of the molecule is CC(C)OC1CC=C(c2nnc(-c3cccc4c3CC[C@@H]4N)s2)C=C1C#N. The topological polar surface area (TPSA) is 84.8 Å². The maximum absolute atomic E-state index is 9.48. The van der Waals surface area contributed by atoms with E-state index in [0.717, 1.165) is 34.0 Å². The molecule has 27 heavy (non-hydrogen) atoms. The lowest BCUT2D eigenvalue weighted by molar-refractivity contribution is 0.0327. The predicted molar refractivity (Wildman–Crippen MR) is 107 cm³/mol. The fourth-order valence-electron chi connectivity index (χ4n) is 3.73. The van der Waals surface area contributed by atoms with Crippen molar-refractivity contribution in [3.05, 3.63) is 52.1 Å². The van der Waals surface area contributed by atoms with Crippen molar-refractivity contribution in [3.8, 4) is 16.6 Å². The summed E-state index contributed by atoms with van der Waals surface area (Å²) in [6.45, 7) is 3.96. The zero-order valence-electron chi connectivity index (χ0n) is 15.5. The number of nitrogens with two attached hydrogens (primary N) is 1. The smallest absolute Gasteiger partial charge is 0.148 e. The molecule has 0 radical (unpaired) electrons. The van der Waals surface area contributed by atoms with Crippen molar-refractivity contribution in [2.75, 3.05) is 0 Å². The summed E-state index contributed by atoms with van der Waals surface area (Å²) >= 11 is 1.56. The van der Waals surface area contributed by atoms with Crippen LogP contribution in [0.15, 0.2) is 35.9 Å². The highest BCUT2D eigenvalue weighted by molar-refractivity contribution is 7.15. The Labute approximate surface area is 163 Å². The van der Waals surface area contributed by atoms with Crippen molar-refractivity contribution >= 4 is 16.9 Å². The van der Waals surface area contributed by atoms with Crippen LogP contribution in [0.3, 0.4) is 0 Å². The number of ether oxygens (including phenoxy) is 1. The molecule has 5 nitrogen and oxygen atoms in total. The molecule has 0 aliphatic heterocycles. The third-order valence-electron chi connectivity index (χ3n) is 4.99. The molecule has 1 aromatic heterocycles. The van der Waals surface area contributed by atoms with Gasteiger partial charge < -0.3 is 10.5 Å². The third kappa shape index (κ3) is 3.46. The lowest BCUT2D eigenvalue weighted by atomic mass is 9.97. The molecule has 0 saturated carbocycles. The monoisotopic (exact) mass is 378 g/mol. The van der Waals surface area contributed by atoms with Gasteiger partial charge in [0.05, 0.1) is 23.9 Å². The highest BCUT2D eigenvalue weighted by Gasteiger charge is 2.25. The molecule has 2 N–H and O–H groups in total. The van der Waals surface area contributed by atoms with E-state index < -0.39 is 0 Å². The number of hydrogen-bond donors (Lipinski definition) is 1. The van der Waals surface area contributed by atoms with Crippen LogP contribution in [0.5, 0.6) is 0 Å². The lowest BCUT2D eigenvalue weighted by Crippen LogP contribution is -2.21. The molecule has 2 atom stereocenters. The average molecular weight is 379 g/mol. The second-order valence-electron chi connectivity index (χ2n) is 7.21. The van der Waals surface area contributed by atoms with E-state index in [0.29, 0.717) is 12.0 Å². The molecule has 138 valence electrons. The van der Waals surface area contributed by atoms with Crippen molar-refractivity contribution in [1.82, 2.24) is 10.2 Å². The van der Waals surface area contributed by atoms with Crippen molar-refractivity contribution < 1.29 is 4.74 Å². The first kappa shape index (κ1) is 18.1. The number of allylic oxidation sites excluding steroid dienone is 2. The number of nitrogens with zero attached hydrogens (tertiary/aromatic N) is 3. The van der Waals surface area contributed by atoms with Gasteiger partial charge in [-0.25, -0.2) is 0 Å². The number of rotatable bonds is 4. The number of benzene rings is 1. The Morgan fingerprint density at radius 1 is 1.30 bits per heavy atom. The molecule has 4 rings (SSSR count). The van der Waals surface area contributed by atoms with E-state index in [2.05, 4.69) is 34.5 Å². The first-order valence-corrected chi connectivity index (χ1v) is 10.1. The molecule has 0 bridgehead atoms. The first-order valence-electron chi connectivity index (χ1n) is 9.25. The summed E-state index contributed by atoms with van der Waals surface area (Å²) < 4.78 is 5.83. The quantitative estimate of drug-likeness (QED) is 0.862. The molecular weight excluding hydrogens is 356 g/mol. The van der Waals surface area contributed by atoms with Crippen LogP contribution in [-0.2, 0) is 11.2 Å². The number of hydrogen-bond acceptors (Lipinski definition) is 6. The average Bonchev–Trinajstić information content (AvgIpc) is 3.29. The molecule has 2 aliphatic carbocycles. The second-order valence-corrected chi connectivity index (χ2v) is 8.19. The molecule has 2 aromatic rings. The van der Waals surface area contributed by atoms with Crippen LogP contribution >= 0.6 is 11.3 Å². The predicted octanol–water partition coefficient (Wildman–Crippen LogP) is 4.18. The van der Waals surface area contributed by atoms with Gasteiger partial charge in [0.25, 0.3) is 0 Å². The number of nitriles is 1. The second kappa shape index (κ2) is 7.35. The Morgan fingerprint density at radius 2 is 2.11 bits per heavy atom. The van der Waals surface area contributed by atoms with E-state index in [1.165, 1.54) is 11.1 Å². The van der Waals surface area contributed by atoms with Gasteiger partial charge in [0.15, 0.2) is 0 Å². The van der Waals surface area contributed by atoms with Crippen LogP contribution < -0.4 is 5.73 Å². The Kier molecular flexibility index (Phi) is 4.92. The minimum absolute atomic E-state index is 0.0846. The van der Waals surface area contributed by atoms with Crippen molar-refractivity contribution in [2.24, 2.45) is 5.73 Å². The molecule has 2 aliphatic rings. The van der Waals surface area contributed by atoms with E-state index in [1.807, 2.05) is 26.0 Å². The summed E-state index contributed by atoms with van der Waals surface area (Å²) in [6, 6.07) is 8.64. The molecule has 0 spiro atoms. The van der Waals surface area contributed by atoms with Crippen molar-refractivity contribution in [2.45, 2.75) is 51.4 Å². The van der Waals surface area contributed by atoms with Gasteiger partial charge in [-0.05, 0) is 50.3 Å². The summed E-state index contributed by atoms with van der Waals surface area (Å²) in [5.74, 6) is 0. The van der Waals surface area contributed by atoms with E-state index in [9.17, 15) is 5.26 Å². The van der Waals surface area contributed by atoms with Crippen LogP contribution in [0.2, 0.25) is 0 Å². The van der Waals surface area contributed by atoms with Crippen molar-refractivity contribution in [3.63, 3.8) is 0 Å². The van der Waals surface area contributed by atoms with Gasteiger partial charge >= 0.3 is 0 Å². The zero-order valence-corrected chi connectivity index (χ0v) is 16.3. The summed E-state index contributed by atoms with van der Waals surface area (Å²) in [6.07, 6.45) is 6.52. The van der Waals surface area contributed by atoms with E-state index in [4.69, 9.17) is 10.5 Å². The molecule has 1 unspecified atom stereocenters. The Hall–Kier alpha value is -2.33. The maximum atomic E-state index is 9.48. The van der Waals surface area contributed by atoms with Crippen LogP contribution in [0.25, 0.3) is 16.1 Å². The summed E-state index contributed by atoms with van der Waals surface area (Å²) in [4.78, 5) is 0. The largest absolute Gasteiger partial charge is 0.370 e. The highest BCUT2D eigenvalue weighted by atomic mass is 32.1. The van der Waals surface area contributed by atoms with Crippen LogP contribution in [-0.4, -0.2) is 22.4 Å². The van der Waals surface area contributed by atoms with Gasteiger partial charge in [-0.3, -0.25) is 0 Å². The Bertz CT molecular complexity index is 967. The fraction of sp³-hybridized carbons (Fsp3) is 0.381. The van der Waals surface area contributed by atoms with Crippen LogP contribution in [0, 0.1) is 11.3 Å². The minimum atomic E-state index is -0.176.